The largest absolute Gasteiger partial charge is 0.433 e. The zero-order chi connectivity index (χ0) is 21.3. The van der Waals surface area contributed by atoms with Crippen molar-refractivity contribution >= 4 is 17.1 Å². The minimum atomic E-state index is -4.61. The topological polar surface area (TPSA) is 103 Å². The zero-order valence-corrected chi connectivity index (χ0v) is 15.4. The van der Waals surface area contributed by atoms with Crippen molar-refractivity contribution in [2.75, 3.05) is 0 Å². The third-order valence-corrected chi connectivity index (χ3v) is 4.08. The number of halogens is 3. The summed E-state index contributed by atoms with van der Waals surface area (Å²) in [5.74, 6) is -0.221. The lowest BCUT2D eigenvalue weighted by molar-refractivity contribution is -0.142. The van der Waals surface area contributed by atoms with Crippen LogP contribution in [0.1, 0.15) is 28.9 Å². The Morgan fingerprint density at radius 1 is 1.13 bits per heavy atom. The molecule has 0 fully saturated rings. The molecule has 1 N–H and O–H groups in total. The third-order valence-electron chi connectivity index (χ3n) is 4.08. The number of nitrogens with one attached hydrogen (secondary N) is 1. The molecule has 4 aromatic heterocycles. The number of fused-ring (bicyclic) bond motifs is 1. The highest BCUT2D eigenvalue weighted by atomic mass is 19.4. The molecule has 0 aromatic carbocycles. The first-order chi connectivity index (χ1) is 14.4. The van der Waals surface area contributed by atoms with Crippen molar-refractivity contribution in [2.45, 2.75) is 13.1 Å². The summed E-state index contributed by atoms with van der Waals surface area (Å²) >= 11 is 0. The van der Waals surface area contributed by atoms with Crippen molar-refractivity contribution in [1.82, 2.24) is 39.7 Å². The average molecular weight is 414 g/mol. The molecule has 4 heterocycles. The van der Waals surface area contributed by atoms with E-state index >= 15 is 0 Å². The van der Waals surface area contributed by atoms with Gasteiger partial charge in [0.25, 0.3) is 11.9 Å². The van der Waals surface area contributed by atoms with E-state index in [-0.39, 0.29) is 28.7 Å². The summed E-state index contributed by atoms with van der Waals surface area (Å²) in [6, 6.07) is 6.47. The fraction of sp³-hybridized carbons (Fsp3) is 0.111. The summed E-state index contributed by atoms with van der Waals surface area (Å²) in [7, 11) is 0. The van der Waals surface area contributed by atoms with Gasteiger partial charge in [-0.1, -0.05) is 12.1 Å². The highest BCUT2D eigenvalue weighted by molar-refractivity contribution is 5.98. The number of carbonyl (C=O) groups excluding carboxylic acids is 1. The van der Waals surface area contributed by atoms with Crippen LogP contribution in [0.3, 0.4) is 0 Å². The molecule has 12 heteroatoms. The molecule has 0 saturated heterocycles. The van der Waals surface area contributed by atoms with Crippen molar-refractivity contribution in [3.05, 3.63) is 72.3 Å². The average Bonchev–Trinajstić information content (AvgIpc) is 3.38. The molecule has 0 aliphatic carbocycles. The maximum atomic E-state index is 13.2. The van der Waals surface area contributed by atoms with Gasteiger partial charge in [0.05, 0.1) is 11.2 Å². The van der Waals surface area contributed by atoms with E-state index in [1.165, 1.54) is 41.6 Å². The standard InChI is InChI=1S/C18H13F3N8O/c1-2-12(15-24-10-25-29(15)17-22-7-4-8-23-17)26-16(30)13-9-11-5-3-6-14(18(19,20)21)28(11)27-13/h2-10H,1H3,(H,26,30)/b12-2+. The first-order valence-corrected chi connectivity index (χ1v) is 8.60. The molecule has 1 amide bonds. The summed E-state index contributed by atoms with van der Waals surface area (Å²) < 4.78 is 41.6. The van der Waals surface area contributed by atoms with Crippen LogP contribution in [0.15, 0.2) is 55.1 Å². The van der Waals surface area contributed by atoms with Crippen molar-refractivity contribution < 1.29 is 18.0 Å². The molecule has 4 aromatic rings. The van der Waals surface area contributed by atoms with E-state index in [0.29, 0.717) is 4.52 Å². The predicted molar refractivity (Wildman–Crippen MR) is 98.3 cm³/mol. The van der Waals surface area contributed by atoms with Crippen LogP contribution in [0.25, 0.3) is 17.2 Å². The van der Waals surface area contributed by atoms with Crippen LogP contribution in [0.2, 0.25) is 0 Å². The van der Waals surface area contributed by atoms with E-state index in [1.54, 1.807) is 19.1 Å². The van der Waals surface area contributed by atoms with Crippen LogP contribution >= 0.6 is 0 Å². The third kappa shape index (κ3) is 3.50. The summed E-state index contributed by atoms with van der Waals surface area (Å²) in [5, 5.41) is 10.5. The van der Waals surface area contributed by atoms with E-state index in [9.17, 15) is 18.0 Å². The fourth-order valence-corrected chi connectivity index (χ4v) is 2.76. The van der Waals surface area contributed by atoms with E-state index in [4.69, 9.17) is 0 Å². The Labute approximate surface area is 166 Å². The van der Waals surface area contributed by atoms with E-state index in [1.807, 2.05) is 0 Å². The quantitative estimate of drug-likeness (QED) is 0.551. The van der Waals surface area contributed by atoms with E-state index in [0.717, 1.165) is 6.07 Å². The number of hydrogen-bond acceptors (Lipinski definition) is 6. The van der Waals surface area contributed by atoms with Gasteiger partial charge < -0.3 is 5.32 Å². The Balaban J connectivity index is 1.65. The van der Waals surface area contributed by atoms with Gasteiger partial charge in [0.1, 0.15) is 12.0 Å². The molecule has 0 aliphatic rings. The number of allylic oxidation sites excluding steroid dienone is 1. The Kier molecular flexibility index (Phi) is 4.74. The second kappa shape index (κ2) is 7.39. The van der Waals surface area contributed by atoms with Gasteiger partial charge in [0.2, 0.25) is 0 Å². The zero-order valence-electron chi connectivity index (χ0n) is 15.4. The van der Waals surface area contributed by atoms with Gasteiger partial charge >= 0.3 is 6.18 Å². The van der Waals surface area contributed by atoms with E-state index in [2.05, 4.69) is 30.5 Å². The van der Waals surface area contributed by atoms with Crippen molar-refractivity contribution in [1.29, 1.82) is 0 Å². The molecule has 0 unspecified atom stereocenters. The van der Waals surface area contributed by atoms with Gasteiger partial charge in [-0.3, -0.25) is 4.79 Å². The highest BCUT2D eigenvalue weighted by Gasteiger charge is 2.34. The van der Waals surface area contributed by atoms with Crippen LogP contribution in [-0.2, 0) is 6.18 Å². The fourth-order valence-electron chi connectivity index (χ4n) is 2.76. The normalized spacial score (nSPS) is 12.3. The van der Waals surface area contributed by atoms with Gasteiger partial charge in [-0.25, -0.2) is 19.5 Å². The molecular weight excluding hydrogens is 401 g/mol. The number of amides is 1. The molecule has 0 spiro atoms. The van der Waals surface area contributed by atoms with Crippen molar-refractivity contribution in [3.63, 3.8) is 0 Å². The summed E-state index contributed by atoms with van der Waals surface area (Å²) in [6.07, 6.45) is 1.27. The molecule has 0 bridgehead atoms. The van der Waals surface area contributed by atoms with Gasteiger partial charge in [-0.15, -0.1) is 0 Å². The molecule has 152 valence electrons. The number of pyridine rings is 1. The van der Waals surface area contributed by atoms with Crippen LogP contribution in [-0.4, -0.2) is 40.3 Å². The number of hydrogen-bond donors (Lipinski definition) is 1. The number of carbonyl (C=O) groups is 1. The lowest BCUT2D eigenvalue weighted by atomic mass is 10.3. The first-order valence-electron chi connectivity index (χ1n) is 8.60. The molecular formula is C18H13F3N8O. The van der Waals surface area contributed by atoms with Crippen LogP contribution in [0.5, 0.6) is 0 Å². The number of rotatable bonds is 4. The van der Waals surface area contributed by atoms with Gasteiger partial charge in [-0.2, -0.15) is 28.1 Å². The monoisotopic (exact) mass is 414 g/mol. The summed E-state index contributed by atoms with van der Waals surface area (Å²) in [5.41, 5.74) is -0.768. The van der Waals surface area contributed by atoms with Crippen LogP contribution in [0, 0.1) is 0 Å². The molecule has 0 radical (unpaired) electrons. The highest BCUT2D eigenvalue weighted by Crippen LogP contribution is 2.29. The van der Waals surface area contributed by atoms with Gasteiger partial charge in [0.15, 0.2) is 11.5 Å². The maximum Gasteiger partial charge on any atom is 0.433 e. The van der Waals surface area contributed by atoms with Gasteiger partial charge in [0, 0.05) is 12.4 Å². The van der Waals surface area contributed by atoms with Gasteiger partial charge in [-0.05, 0) is 31.2 Å². The molecule has 30 heavy (non-hydrogen) atoms. The van der Waals surface area contributed by atoms with E-state index < -0.39 is 17.8 Å². The molecule has 0 aliphatic heterocycles. The molecule has 4 rings (SSSR count). The number of alkyl halides is 3. The summed E-state index contributed by atoms with van der Waals surface area (Å²) in [4.78, 5) is 25.0. The minimum absolute atomic E-state index is 0.137. The van der Waals surface area contributed by atoms with Crippen LogP contribution < -0.4 is 5.32 Å². The second-order valence-corrected chi connectivity index (χ2v) is 5.98. The number of nitrogens with zero attached hydrogens (tertiary/aromatic N) is 7. The molecule has 9 nitrogen and oxygen atoms in total. The number of aromatic nitrogens is 7. The lowest BCUT2D eigenvalue weighted by Crippen LogP contribution is -2.24. The Morgan fingerprint density at radius 3 is 2.60 bits per heavy atom. The van der Waals surface area contributed by atoms with Crippen molar-refractivity contribution in [2.24, 2.45) is 0 Å². The Hall–Kier alpha value is -4.09. The smallest absolute Gasteiger partial charge is 0.318 e. The maximum absolute atomic E-state index is 13.2. The minimum Gasteiger partial charge on any atom is -0.318 e. The predicted octanol–water partition coefficient (Wildman–Crippen LogP) is 2.51. The summed E-state index contributed by atoms with van der Waals surface area (Å²) in [6.45, 7) is 1.66. The first kappa shape index (κ1) is 19.2. The Morgan fingerprint density at radius 2 is 1.90 bits per heavy atom. The second-order valence-electron chi connectivity index (χ2n) is 5.98. The van der Waals surface area contributed by atoms with Crippen molar-refractivity contribution in [3.8, 4) is 5.95 Å². The SMILES string of the molecule is C/C=C(/NC(=O)c1cc2cccc(C(F)(F)F)n2n1)c1ncnn1-c1ncccn1. The molecule has 0 saturated carbocycles. The Bertz CT molecular complexity index is 1240. The lowest BCUT2D eigenvalue weighted by Gasteiger charge is -2.09. The van der Waals surface area contributed by atoms with Crippen LogP contribution in [0.4, 0.5) is 13.2 Å². The molecule has 0 atom stereocenters.